The summed E-state index contributed by atoms with van der Waals surface area (Å²) < 4.78 is 2.02. The second-order valence-electron chi connectivity index (χ2n) is 2.61. The molecule has 0 N–H and O–H groups in total. The minimum absolute atomic E-state index is 0.288. The summed E-state index contributed by atoms with van der Waals surface area (Å²) in [5.41, 5.74) is 0.881. The fourth-order valence-corrected chi connectivity index (χ4v) is 1.40. The predicted octanol–water partition coefficient (Wildman–Crippen LogP) is 1.46. The predicted molar refractivity (Wildman–Crippen MR) is 38.0 cm³/mol. The third-order valence-electron chi connectivity index (χ3n) is 1.92. The highest BCUT2D eigenvalue weighted by Crippen LogP contribution is 2.14. The van der Waals surface area contributed by atoms with Gasteiger partial charge in [-0.25, -0.2) is 0 Å². The smallest absolute Gasteiger partial charge is 0.179 e. The summed E-state index contributed by atoms with van der Waals surface area (Å²) in [5.74, 6) is 0.288. The van der Waals surface area contributed by atoms with Crippen molar-refractivity contribution < 1.29 is 4.79 Å². The van der Waals surface area contributed by atoms with Crippen LogP contribution in [0.3, 0.4) is 0 Å². The van der Waals surface area contributed by atoms with Crippen molar-refractivity contribution in [3.05, 3.63) is 24.0 Å². The molecule has 0 fully saturated rings. The zero-order chi connectivity index (χ0) is 6.97. The van der Waals surface area contributed by atoms with Gasteiger partial charge < -0.3 is 4.57 Å². The lowest BCUT2D eigenvalue weighted by atomic mass is 10.1. The first kappa shape index (κ1) is 5.71. The molecule has 2 heteroatoms. The molecule has 2 heterocycles. The van der Waals surface area contributed by atoms with Crippen molar-refractivity contribution in [2.75, 3.05) is 0 Å². The Morgan fingerprint density at radius 3 is 3.20 bits per heavy atom. The van der Waals surface area contributed by atoms with Crippen molar-refractivity contribution >= 4 is 5.78 Å². The number of hydrogen-bond acceptors (Lipinski definition) is 1. The number of hydrogen-bond donors (Lipinski definition) is 0. The summed E-state index contributed by atoms with van der Waals surface area (Å²) in [6, 6.07) is 3.82. The number of nitrogens with zero attached hydrogens (tertiary/aromatic N) is 1. The fraction of sp³-hybridized carbons (Fsp3) is 0.375. The Kier molecular flexibility index (Phi) is 1.13. The monoisotopic (exact) mass is 135 g/mol. The molecule has 0 aromatic carbocycles. The van der Waals surface area contributed by atoms with E-state index in [9.17, 15) is 4.79 Å². The normalized spacial score (nSPS) is 17.0. The number of aryl methyl sites for hydroxylation is 1. The van der Waals surface area contributed by atoms with Crippen LogP contribution < -0.4 is 0 Å². The van der Waals surface area contributed by atoms with E-state index in [4.69, 9.17) is 0 Å². The first-order valence-electron chi connectivity index (χ1n) is 3.56. The lowest BCUT2D eigenvalue weighted by Gasteiger charge is -2.12. The third-order valence-corrected chi connectivity index (χ3v) is 1.92. The van der Waals surface area contributed by atoms with Gasteiger partial charge in [-0.1, -0.05) is 0 Å². The summed E-state index contributed by atoms with van der Waals surface area (Å²) in [6.07, 6.45) is 3.69. The number of fused-ring (bicyclic) bond motifs is 1. The van der Waals surface area contributed by atoms with Crippen molar-refractivity contribution in [3.63, 3.8) is 0 Å². The fourth-order valence-electron chi connectivity index (χ4n) is 1.40. The maximum absolute atomic E-state index is 11.1. The number of rotatable bonds is 0. The summed E-state index contributed by atoms with van der Waals surface area (Å²) in [4.78, 5) is 11.1. The average Bonchev–Trinajstić information content (AvgIpc) is 2.36. The van der Waals surface area contributed by atoms with Crippen molar-refractivity contribution in [2.24, 2.45) is 0 Å². The molecule has 0 amide bonds. The lowest BCUT2D eigenvalue weighted by molar-refractivity contribution is 0.0955. The molecule has 0 saturated carbocycles. The minimum atomic E-state index is 0.288. The molecule has 0 spiro atoms. The van der Waals surface area contributed by atoms with E-state index >= 15 is 0 Å². The zero-order valence-corrected chi connectivity index (χ0v) is 5.71. The van der Waals surface area contributed by atoms with Crippen LogP contribution in [0.5, 0.6) is 0 Å². The van der Waals surface area contributed by atoms with Crippen molar-refractivity contribution in [3.8, 4) is 0 Å². The molecule has 52 valence electrons. The van der Waals surface area contributed by atoms with Crippen LogP contribution in [0.25, 0.3) is 0 Å². The van der Waals surface area contributed by atoms with Crippen molar-refractivity contribution in [1.82, 2.24) is 4.57 Å². The Bertz CT molecular complexity index is 262. The second kappa shape index (κ2) is 1.97. The molecule has 1 aromatic heterocycles. The maximum atomic E-state index is 11.1. The molecular formula is C8H9NO. The van der Waals surface area contributed by atoms with Crippen LogP contribution in [0.15, 0.2) is 18.3 Å². The van der Waals surface area contributed by atoms with Crippen LogP contribution in [0.4, 0.5) is 0 Å². The Balaban J connectivity index is 2.50. The van der Waals surface area contributed by atoms with Gasteiger partial charge in [-0.3, -0.25) is 4.79 Å². The average molecular weight is 135 g/mol. The number of Topliss-reactive ketones (excluding diaryl/α,β-unsaturated/α-hetero) is 1. The quantitative estimate of drug-likeness (QED) is 0.528. The Labute approximate surface area is 59.5 Å². The summed E-state index contributed by atoms with van der Waals surface area (Å²) >= 11 is 0. The van der Waals surface area contributed by atoms with E-state index < -0.39 is 0 Å². The summed E-state index contributed by atoms with van der Waals surface area (Å²) in [7, 11) is 0. The Morgan fingerprint density at radius 1 is 1.50 bits per heavy atom. The number of carbonyl (C=O) groups excluding carboxylic acids is 1. The van der Waals surface area contributed by atoms with E-state index in [1.807, 2.05) is 22.9 Å². The van der Waals surface area contributed by atoms with Gasteiger partial charge in [0, 0.05) is 19.2 Å². The Morgan fingerprint density at radius 2 is 2.40 bits per heavy atom. The number of aromatic nitrogens is 1. The lowest BCUT2D eigenvalue weighted by Crippen LogP contribution is -2.14. The zero-order valence-electron chi connectivity index (χ0n) is 5.71. The third kappa shape index (κ3) is 0.685. The van der Waals surface area contributed by atoms with Gasteiger partial charge in [-0.05, 0) is 18.6 Å². The van der Waals surface area contributed by atoms with Crippen LogP contribution in [0.1, 0.15) is 23.3 Å². The summed E-state index contributed by atoms with van der Waals surface area (Å²) in [6.45, 7) is 1.01. The van der Waals surface area contributed by atoms with E-state index in [0.29, 0.717) is 0 Å². The highest BCUT2D eigenvalue weighted by molar-refractivity contribution is 5.95. The molecule has 0 aliphatic carbocycles. The van der Waals surface area contributed by atoms with E-state index in [1.165, 1.54) is 0 Å². The van der Waals surface area contributed by atoms with E-state index in [2.05, 4.69) is 0 Å². The van der Waals surface area contributed by atoms with Crippen LogP contribution in [-0.2, 0) is 6.54 Å². The maximum Gasteiger partial charge on any atom is 0.179 e. The van der Waals surface area contributed by atoms with Gasteiger partial charge in [0.1, 0.15) is 0 Å². The molecule has 1 aromatic rings. The topological polar surface area (TPSA) is 22.0 Å². The van der Waals surface area contributed by atoms with Crippen LogP contribution >= 0.6 is 0 Å². The SMILES string of the molecule is O=C1CCCn2cccc21. The molecule has 2 nitrogen and oxygen atoms in total. The molecule has 0 saturated heterocycles. The van der Waals surface area contributed by atoms with E-state index in [0.717, 1.165) is 25.1 Å². The molecule has 0 atom stereocenters. The van der Waals surface area contributed by atoms with Gasteiger partial charge in [0.15, 0.2) is 5.78 Å². The second-order valence-corrected chi connectivity index (χ2v) is 2.61. The van der Waals surface area contributed by atoms with E-state index in [-0.39, 0.29) is 5.78 Å². The van der Waals surface area contributed by atoms with Crippen molar-refractivity contribution in [1.29, 1.82) is 0 Å². The first-order chi connectivity index (χ1) is 4.88. The first-order valence-corrected chi connectivity index (χ1v) is 3.56. The van der Waals surface area contributed by atoms with Crippen LogP contribution in [-0.4, -0.2) is 10.4 Å². The molecule has 1 aliphatic rings. The Hall–Kier alpha value is -1.05. The van der Waals surface area contributed by atoms with Gasteiger partial charge in [-0.15, -0.1) is 0 Å². The van der Waals surface area contributed by atoms with E-state index in [1.54, 1.807) is 0 Å². The molecule has 10 heavy (non-hydrogen) atoms. The van der Waals surface area contributed by atoms with Gasteiger partial charge in [-0.2, -0.15) is 0 Å². The standard InChI is InChI=1S/C8H9NO/c10-8-4-2-6-9-5-1-3-7(8)9/h1,3,5H,2,4,6H2. The largest absolute Gasteiger partial charge is 0.345 e. The molecule has 0 radical (unpaired) electrons. The molecule has 1 aliphatic heterocycles. The molecule has 0 bridgehead atoms. The minimum Gasteiger partial charge on any atom is -0.345 e. The van der Waals surface area contributed by atoms with Crippen LogP contribution in [0.2, 0.25) is 0 Å². The number of carbonyl (C=O) groups is 1. The van der Waals surface area contributed by atoms with Crippen LogP contribution in [0, 0.1) is 0 Å². The molecule has 2 rings (SSSR count). The summed E-state index contributed by atoms with van der Waals surface area (Å²) in [5, 5.41) is 0. The van der Waals surface area contributed by atoms with Gasteiger partial charge in [0.2, 0.25) is 0 Å². The highest BCUT2D eigenvalue weighted by atomic mass is 16.1. The number of ketones is 1. The molecular weight excluding hydrogens is 126 g/mol. The van der Waals surface area contributed by atoms with Gasteiger partial charge in [0.05, 0.1) is 5.69 Å². The highest BCUT2D eigenvalue weighted by Gasteiger charge is 2.14. The van der Waals surface area contributed by atoms with Gasteiger partial charge >= 0.3 is 0 Å². The van der Waals surface area contributed by atoms with Crippen molar-refractivity contribution in [2.45, 2.75) is 19.4 Å². The molecule has 0 unspecified atom stereocenters. The van der Waals surface area contributed by atoms with Gasteiger partial charge in [0.25, 0.3) is 0 Å².